The summed E-state index contributed by atoms with van der Waals surface area (Å²) in [4.78, 5) is 22.4. The van der Waals surface area contributed by atoms with E-state index in [0.717, 1.165) is 24.3 Å². The van der Waals surface area contributed by atoms with Gasteiger partial charge >= 0.3 is 6.01 Å². The molecule has 0 bridgehead atoms. The highest BCUT2D eigenvalue weighted by Crippen LogP contribution is 2.30. The SMILES string of the molecule is CCCNc1nc(N(C)C)c2nc(OCc3ccccc3)nc(N(C)C)c2n1. The Morgan fingerprint density at radius 3 is 2.14 bits per heavy atom. The number of nitrogens with zero attached hydrogens (tertiary/aromatic N) is 6. The molecule has 0 aliphatic heterocycles. The number of ether oxygens (including phenoxy) is 1. The summed E-state index contributed by atoms with van der Waals surface area (Å²) in [7, 11) is 7.74. The zero-order valence-corrected chi connectivity index (χ0v) is 17.1. The summed E-state index contributed by atoms with van der Waals surface area (Å²) in [5, 5.41) is 3.25. The lowest BCUT2D eigenvalue weighted by Gasteiger charge is -2.19. The number of benzene rings is 1. The first kappa shape index (κ1) is 19.6. The highest BCUT2D eigenvalue weighted by molar-refractivity contribution is 5.94. The standard InChI is InChI=1S/C20H27N7O/c1-6-12-21-19-22-15-16(17(24-19)26(2)3)23-20(25-18(15)27(4)5)28-13-14-10-8-7-9-11-14/h7-11H,6,12-13H2,1-5H3,(H,21,22,24). The Morgan fingerprint density at radius 1 is 0.857 bits per heavy atom. The van der Waals surface area contributed by atoms with Crippen molar-refractivity contribution in [2.24, 2.45) is 0 Å². The van der Waals surface area contributed by atoms with Gasteiger partial charge in [0.1, 0.15) is 17.6 Å². The summed E-state index contributed by atoms with van der Waals surface area (Å²) >= 11 is 0. The fourth-order valence-electron chi connectivity index (χ4n) is 2.69. The molecule has 1 N–H and O–H groups in total. The Morgan fingerprint density at radius 2 is 1.50 bits per heavy atom. The van der Waals surface area contributed by atoms with Crippen molar-refractivity contribution in [2.75, 3.05) is 49.9 Å². The van der Waals surface area contributed by atoms with Crippen molar-refractivity contribution in [3.63, 3.8) is 0 Å². The quantitative estimate of drug-likeness (QED) is 0.638. The lowest BCUT2D eigenvalue weighted by molar-refractivity contribution is 0.282. The van der Waals surface area contributed by atoms with Crippen molar-refractivity contribution in [1.29, 1.82) is 0 Å². The van der Waals surface area contributed by atoms with Crippen LogP contribution >= 0.6 is 0 Å². The van der Waals surface area contributed by atoms with E-state index in [2.05, 4.69) is 32.2 Å². The zero-order chi connectivity index (χ0) is 20.1. The first-order valence-electron chi connectivity index (χ1n) is 9.34. The van der Waals surface area contributed by atoms with Crippen molar-refractivity contribution in [1.82, 2.24) is 19.9 Å². The maximum Gasteiger partial charge on any atom is 0.319 e. The van der Waals surface area contributed by atoms with E-state index in [0.29, 0.717) is 35.4 Å². The van der Waals surface area contributed by atoms with Gasteiger partial charge in [-0.1, -0.05) is 37.3 Å². The number of fused-ring (bicyclic) bond motifs is 1. The number of hydrogen-bond acceptors (Lipinski definition) is 8. The number of rotatable bonds is 8. The number of hydrogen-bond donors (Lipinski definition) is 1. The van der Waals surface area contributed by atoms with Crippen molar-refractivity contribution < 1.29 is 4.74 Å². The molecule has 0 fully saturated rings. The van der Waals surface area contributed by atoms with Gasteiger partial charge in [0.2, 0.25) is 5.95 Å². The van der Waals surface area contributed by atoms with Crippen LogP contribution in [-0.4, -0.2) is 54.7 Å². The molecule has 3 aromatic rings. The van der Waals surface area contributed by atoms with Crippen LogP contribution in [0.2, 0.25) is 0 Å². The third kappa shape index (κ3) is 4.39. The van der Waals surface area contributed by atoms with Crippen LogP contribution < -0.4 is 19.9 Å². The predicted octanol–water partition coefficient (Wildman–Crippen LogP) is 2.95. The van der Waals surface area contributed by atoms with E-state index in [9.17, 15) is 0 Å². The largest absolute Gasteiger partial charge is 0.459 e. The molecule has 148 valence electrons. The normalized spacial score (nSPS) is 10.8. The fourth-order valence-corrected chi connectivity index (χ4v) is 2.69. The highest BCUT2D eigenvalue weighted by atomic mass is 16.5. The topological polar surface area (TPSA) is 79.3 Å². The monoisotopic (exact) mass is 381 g/mol. The lowest BCUT2D eigenvalue weighted by atomic mass is 10.2. The van der Waals surface area contributed by atoms with Crippen LogP contribution in [0, 0.1) is 0 Å². The van der Waals surface area contributed by atoms with Crippen molar-refractivity contribution in [2.45, 2.75) is 20.0 Å². The molecular weight excluding hydrogens is 354 g/mol. The molecule has 0 radical (unpaired) electrons. The third-order valence-corrected chi connectivity index (χ3v) is 4.08. The summed E-state index contributed by atoms with van der Waals surface area (Å²) in [6.07, 6.45) is 0.988. The maximum absolute atomic E-state index is 5.88. The Kier molecular flexibility index (Phi) is 6.08. The van der Waals surface area contributed by atoms with Gasteiger partial charge in [-0.05, 0) is 12.0 Å². The van der Waals surface area contributed by atoms with Crippen LogP contribution in [0.3, 0.4) is 0 Å². The molecule has 0 aliphatic carbocycles. The van der Waals surface area contributed by atoms with Gasteiger partial charge in [-0.25, -0.2) is 4.98 Å². The highest BCUT2D eigenvalue weighted by Gasteiger charge is 2.19. The van der Waals surface area contributed by atoms with Gasteiger partial charge in [-0.3, -0.25) is 0 Å². The lowest BCUT2D eigenvalue weighted by Crippen LogP contribution is -2.18. The van der Waals surface area contributed by atoms with E-state index in [-0.39, 0.29) is 0 Å². The minimum atomic E-state index is 0.307. The Labute approximate surface area is 165 Å². The van der Waals surface area contributed by atoms with Crippen LogP contribution in [-0.2, 0) is 6.61 Å². The average molecular weight is 381 g/mol. The minimum absolute atomic E-state index is 0.307. The van der Waals surface area contributed by atoms with Gasteiger partial charge < -0.3 is 19.9 Å². The van der Waals surface area contributed by atoms with Crippen molar-refractivity contribution in [3.8, 4) is 6.01 Å². The van der Waals surface area contributed by atoms with Crippen molar-refractivity contribution >= 4 is 28.6 Å². The van der Waals surface area contributed by atoms with Gasteiger partial charge in [0, 0.05) is 34.7 Å². The second kappa shape index (κ2) is 8.69. The Bertz CT molecular complexity index is 929. The van der Waals surface area contributed by atoms with E-state index in [1.165, 1.54) is 0 Å². The number of aromatic nitrogens is 4. The molecule has 2 aromatic heterocycles. The van der Waals surface area contributed by atoms with Crippen LogP contribution in [0.5, 0.6) is 6.01 Å². The smallest absolute Gasteiger partial charge is 0.319 e. The molecule has 0 aliphatic rings. The number of nitrogens with one attached hydrogen (secondary N) is 1. The maximum atomic E-state index is 5.88. The molecule has 8 nitrogen and oxygen atoms in total. The van der Waals surface area contributed by atoms with E-state index < -0.39 is 0 Å². The average Bonchev–Trinajstić information content (AvgIpc) is 2.70. The van der Waals surface area contributed by atoms with E-state index in [1.807, 2.05) is 68.3 Å². The van der Waals surface area contributed by atoms with Gasteiger partial charge in [-0.15, -0.1) is 0 Å². The molecule has 0 amide bonds. The second-order valence-electron chi connectivity index (χ2n) is 6.89. The fraction of sp³-hybridized carbons (Fsp3) is 0.400. The van der Waals surface area contributed by atoms with Gasteiger partial charge in [0.25, 0.3) is 0 Å². The molecule has 0 saturated heterocycles. The minimum Gasteiger partial charge on any atom is -0.459 e. The summed E-state index contributed by atoms with van der Waals surface area (Å²) in [6, 6.07) is 10.3. The van der Waals surface area contributed by atoms with E-state index >= 15 is 0 Å². The van der Waals surface area contributed by atoms with Crippen molar-refractivity contribution in [3.05, 3.63) is 35.9 Å². The molecule has 0 saturated carbocycles. The molecule has 0 atom stereocenters. The molecule has 1 aromatic carbocycles. The first-order chi connectivity index (χ1) is 13.5. The molecule has 8 heteroatoms. The summed E-state index contributed by atoms with van der Waals surface area (Å²) < 4.78 is 5.88. The van der Waals surface area contributed by atoms with Gasteiger partial charge in [0.15, 0.2) is 11.6 Å². The predicted molar refractivity (Wildman–Crippen MR) is 113 cm³/mol. The zero-order valence-electron chi connectivity index (χ0n) is 17.1. The van der Waals surface area contributed by atoms with Gasteiger partial charge in [-0.2, -0.15) is 15.0 Å². The molecule has 0 unspecified atom stereocenters. The molecule has 28 heavy (non-hydrogen) atoms. The molecule has 3 rings (SSSR count). The van der Waals surface area contributed by atoms with Crippen LogP contribution in [0.4, 0.5) is 17.6 Å². The van der Waals surface area contributed by atoms with Crippen LogP contribution in [0.25, 0.3) is 11.0 Å². The van der Waals surface area contributed by atoms with E-state index in [4.69, 9.17) is 4.74 Å². The Hall–Kier alpha value is -3.16. The third-order valence-electron chi connectivity index (χ3n) is 4.08. The summed E-state index contributed by atoms with van der Waals surface area (Å²) in [5.74, 6) is 1.99. The summed E-state index contributed by atoms with van der Waals surface area (Å²) in [5.41, 5.74) is 2.41. The Balaban J connectivity index is 2.06. The van der Waals surface area contributed by atoms with E-state index in [1.54, 1.807) is 0 Å². The number of anilines is 3. The van der Waals surface area contributed by atoms with Crippen LogP contribution in [0.1, 0.15) is 18.9 Å². The molecule has 0 spiro atoms. The van der Waals surface area contributed by atoms with Gasteiger partial charge in [0.05, 0.1) is 0 Å². The van der Waals surface area contributed by atoms with Crippen LogP contribution in [0.15, 0.2) is 30.3 Å². The first-order valence-corrected chi connectivity index (χ1v) is 9.34. The molecule has 2 heterocycles. The summed E-state index contributed by atoms with van der Waals surface area (Å²) in [6.45, 7) is 3.30. The molecular formula is C20H27N7O. The second-order valence-corrected chi connectivity index (χ2v) is 6.89.